The minimum atomic E-state index is -0.377. The van der Waals surface area contributed by atoms with E-state index in [0.717, 1.165) is 22.6 Å². The molecule has 2 N–H and O–H groups in total. The highest BCUT2D eigenvalue weighted by Gasteiger charge is 2.21. The number of hydrogen-bond donors (Lipinski definition) is 1. The third kappa shape index (κ3) is 3.12. The van der Waals surface area contributed by atoms with Gasteiger partial charge in [0.25, 0.3) is 0 Å². The third-order valence-electron chi connectivity index (χ3n) is 3.17. The summed E-state index contributed by atoms with van der Waals surface area (Å²) in [4.78, 5) is 0. The Hall–Kier alpha value is -1.31. The first-order chi connectivity index (χ1) is 8.47. The second-order valence-corrected chi connectivity index (χ2v) is 5.53. The Labute approximate surface area is 114 Å². The molecule has 0 fully saturated rings. The first kappa shape index (κ1) is 13.1. The van der Waals surface area contributed by atoms with Crippen molar-refractivity contribution < 1.29 is 0 Å². The molecule has 0 aliphatic rings. The lowest BCUT2D eigenvalue weighted by Gasteiger charge is -2.25. The monoisotopic (exact) mass is 259 g/mol. The summed E-state index contributed by atoms with van der Waals surface area (Å²) in [7, 11) is 0. The number of nitrogens with two attached hydrogens (primary N) is 1. The molecule has 0 bridgehead atoms. The van der Waals surface area contributed by atoms with Crippen molar-refractivity contribution in [1.82, 2.24) is 0 Å². The molecule has 0 aliphatic carbocycles. The van der Waals surface area contributed by atoms with Crippen molar-refractivity contribution in [2.24, 2.45) is 5.73 Å². The minimum Gasteiger partial charge on any atom is -0.321 e. The summed E-state index contributed by atoms with van der Waals surface area (Å²) in [5.74, 6) is 0. The Bertz CT molecular complexity index is 529. The molecule has 1 nitrogen and oxygen atoms in total. The number of benzene rings is 2. The number of hydrogen-bond acceptors (Lipinski definition) is 1. The van der Waals surface area contributed by atoms with E-state index in [1.807, 2.05) is 18.2 Å². The molecule has 18 heavy (non-hydrogen) atoms. The van der Waals surface area contributed by atoms with Crippen LogP contribution in [0.5, 0.6) is 0 Å². The molecular formula is C16H18ClN. The smallest absolute Gasteiger partial charge is 0.0421 e. The molecule has 2 rings (SSSR count). The van der Waals surface area contributed by atoms with Gasteiger partial charge >= 0.3 is 0 Å². The lowest BCUT2D eigenvalue weighted by molar-refractivity contribution is 0.491. The van der Waals surface area contributed by atoms with Gasteiger partial charge in [0, 0.05) is 10.6 Å². The molecule has 0 radical (unpaired) electrons. The molecule has 0 heterocycles. The van der Waals surface area contributed by atoms with E-state index in [1.165, 1.54) is 5.56 Å². The Morgan fingerprint density at radius 1 is 1.11 bits per heavy atom. The maximum absolute atomic E-state index is 6.43. The second-order valence-electron chi connectivity index (χ2n) is 5.09. The van der Waals surface area contributed by atoms with Gasteiger partial charge in [0.15, 0.2) is 0 Å². The van der Waals surface area contributed by atoms with E-state index in [0.29, 0.717) is 0 Å². The van der Waals surface area contributed by atoms with Crippen molar-refractivity contribution in [2.45, 2.75) is 25.8 Å². The van der Waals surface area contributed by atoms with E-state index in [4.69, 9.17) is 17.3 Å². The van der Waals surface area contributed by atoms with Crippen LogP contribution in [0.2, 0.25) is 5.02 Å². The van der Waals surface area contributed by atoms with E-state index >= 15 is 0 Å². The summed E-state index contributed by atoms with van der Waals surface area (Å²) < 4.78 is 0. The van der Waals surface area contributed by atoms with Crippen LogP contribution in [0.25, 0.3) is 0 Å². The standard InChI is InChI=1S/C16H18ClN/c1-12-6-8-14(9-7-12)16(2,18)11-13-4-3-5-15(17)10-13/h3-10H,11,18H2,1-2H3. The van der Waals surface area contributed by atoms with Crippen molar-refractivity contribution in [1.29, 1.82) is 0 Å². The van der Waals surface area contributed by atoms with Crippen molar-refractivity contribution in [3.05, 3.63) is 70.2 Å². The normalized spacial score (nSPS) is 14.2. The van der Waals surface area contributed by atoms with Gasteiger partial charge < -0.3 is 5.73 Å². The van der Waals surface area contributed by atoms with Gasteiger partial charge in [0.05, 0.1) is 0 Å². The van der Waals surface area contributed by atoms with Crippen LogP contribution in [-0.4, -0.2) is 0 Å². The van der Waals surface area contributed by atoms with Crippen molar-refractivity contribution in [3.63, 3.8) is 0 Å². The molecule has 0 saturated carbocycles. The predicted octanol–water partition coefficient (Wildman–Crippen LogP) is 4.07. The summed E-state index contributed by atoms with van der Waals surface area (Å²) in [6, 6.07) is 16.3. The number of halogens is 1. The summed E-state index contributed by atoms with van der Waals surface area (Å²) in [6.07, 6.45) is 0.774. The van der Waals surface area contributed by atoms with Gasteiger partial charge in [-0.05, 0) is 43.5 Å². The van der Waals surface area contributed by atoms with Crippen LogP contribution in [0.15, 0.2) is 48.5 Å². The van der Waals surface area contributed by atoms with Gasteiger partial charge in [-0.3, -0.25) is 0 Å². The number of aryl methyl sites for hydroxylation is 1. The number of rotatable bonds is 3. The van der Waals surface area contributed by atoms with Crippen LogP contribution >= 0.6 is 11.6 Å². The highest BCUT2D eigenvalue weighted by molar-refractivity contribution is 6.30. The minimum absolute atomic E-state index is 0.377. The Morgan fingerprint density at radius 2 is 1.78 bits per heavy atom. The van der Waals surface area contributed by atoms with Crippen LogP contribution in [0, 0.1) is 6.92 Å². The van der Waals surface area contributed by atoms with E-state index in [-0.39, 0.29) is 5.54 Å². The van der Waals surface area contributed by atoms with Crippen LogP contribution < -0.4 is 5.73 Å². The van der Waals surface area contributed by atoms with E-state index in [9.17, 15) is 0 Å². The zero-order valence-corrected chi connectivity index (χ0v) is 11.5. The zero-order chi connectivity index (χ0) is 13.2. The van der Waals surface area contributed by atoms with Gasteiger partial charge in [0.2, 0.25) is 0 Å². The molecule has 2 heteroatoms. The van der Waals surface area contributed by atoms with E-state index in [1.54, 1.807) is 0 Å². The summed E-state index contributed by atoms with van der Waals surface area (Å²) >= 11 is 6.00. The lowest BCUT2D eigenvalue weighted by Crippen LogP contribution is -2.35. The quantitative estimate of drug-likeness (QED) is 0.884. The molecule has 0 amide bonds. The van der Waals surface area contributed by atoms with Crippen LogP contribution in [0.4, 0.5) is 0 Å². The van der Waals surface area contributed by atoms with Crippen molar-refractivity contribution in [2.75, 3.05) is 0 Å². The third-order valence-corrected chi connectivity index (χ3v) is 3.41. The molecule has 2 aromatic carbocycles. The first-order valence-electron chi connectivity index (χ1n) is 6.08. The Balaban J connectivity index is 2.23. The fourth-order valence-corrected chi connectivity index (χ4v) is 2.32. The SMILES string of the molecule is Cc1ccc(C(C)(N)Cc2cccc(Cl)c2)cc1. The molecule has 0 spiro atoms. The van der Waals surface area contributed by atoms with Gasteiger partial charge in [-0.2, -0.15) is 0 Å². The summed E-state index contributed by atoms with van der Waals surface area (Å²) in [5.41, 5.74) is 9.60. The Kier molecular flexibility index (Phi) is 3.74. The predicted molar refractivity (Wildman–Crippen MR) is 77.9 cm³/mol. The van der Waals surface area contributed by atoms with Crippen molar-refractivity contribution >= 4 is 11.6 Å². The van der Waals surface area contributed by atoms with Crippen LogP contribution in [-0.2, 0) is 12.0 Å². The van der Waals surface area contributed by atoms with E-state index < -0.39 is 0 Å². The largest absolute Gasteiger partial charge is 0.321 e. The Morgan fingerprint density at radius 3 is 2.39 bits per heavy atom. The van der Waals surface area contributed by atoms with Crippen LogP contribution in [0.3, 0.4) is 0 Å². The topological polar surface area (TPSA) is 26.0 Å². The summed E-state index contributed by atoms with van der Waals surface area (Å²) in [5, 5.41) is 0.757. The van der Waals surface area contributed by atoms with Gasteiger partial charge in [0.1, 0.15) is 0 Å². The molecule has 0 aromatic heterocycles. The lowest BCUT2D eigenvalue weighted by atomic mass is 9.86. The molecule has 1 unspecified atom stereocenters. The molecule has 2 aromatic rings. The maximum atomic E-state index is 6.43. The highest BCUT2D eigenvalue weighted by Crippen LogP contribution is 2.24. The van der Waals surface area contributed by atoms with Gasteiger partial charge in [-0.15, -0.1) is 0 Å². The second kappa shape index (κ2) is 5.13. The fourth-order valence-electron chi connectivity index (χ4n) is 2.11. The van der Waals surface area contributed by atoms with Crippen LogP contribution in [0.1, 0.15) is 23.6 Å². The van der Waals surface area contributed by atoms with Gasteiger partial charge in [-0.25, -0.2) is 0 Å². The first-order valence-corrected chi connectivity index (χ1v) is 6.46. The zero-order valence-electron chi connectivity index (χ0n) is 10.8. The summed E-state index contributed by atoms with van der Waals surface area (Å²) in [6.45, 7) is 4.13. The molecular weight excluding hydrogens is 242 g/mol. The highest BCUT2D eigenvalue weighted by atomic mass is 35.5. The maximum Gasteiger partial charge on any atom is 0.0421 e. The van der Waals surface area contributed by atoms with E-state index in [2.05, 4.69) is 44.2 Å². The van der Waals surface area contributed by atoms with Crippen molar-refractivity contribution in [3.8, 4) is 0 Å². The average Bonchev–Trinajstić information content (AvgIpc) is 2.29. The average molecular weight is 260 g/mol. The van der Waals surface area contributed by atoms with Gasteiger partial charge in [-0.1, -0.05) is 53.6 Å². The molecule has 0 saturated heterocycles. The molecule has 94 valence electrons. The fraction of sp³-hybridized carbons (Fsp3) is 0.250. The molecule has 1 atom stereocenters. The molecule has 0 aliphatic heterocycles.